The van der Waals surface area contributed by atoms with E-state index >= 15 is 0 Å². The lowest BCUT2D eigenvalue weighted by atomic mass is 9.98. The second-order valence-electron chi connectivity index (χ2n) is 7.17. The van der Waals surface area contributed by atoms with Gasteiger partial charge in [0.25, 0.3) is 0 Å². The van der Waals surface area contributed by atoms with Crippen molar-refractivity contribution >= 4 is 53.8 Å². The average molecular weight is 554 g/mol. The van der Waals surface area contributed by atoms with Crippen molar-refractivity contribution < 1.29 is 13.6 Å². The van der Waals surface area contributed by atoms with E-state index in [9.17, 15) is 9.59 Å². The third-order valence-electron chi connectivity index (χ3n) is 5.21. The molecule has 0 bridgehead atoms. The minimum Gasteiger partial charge on any atom is -0.497 e. The number of ether oxygens (including phenoxy) is 1. The predicted molar refractivity (Wildman–Crippen MR) is 131 cm³/mol. The number of halogens is 2. The maximum atomic E-state index is 12.8. The van der Waals surface area contributed by atoms with Gasteiger partial charge in [0.1, 0.15) is 11.3 Å². The molecule has 0 amide bonds. The van der Waals surface area contributed by atoms with E-state index in [4.69, 9.17) is 13.6 Å². The zero-order valence-electron chi connectivity index (χ0n) is 16.6. The van der Waals surface area contributed by atoms with Gasteiger partial charge < -0.3 is 13.6 Å². The molecule has 0 atom stereocenters. The van der Waals surface area contributed by atoms with Gasteiger partial charge in [-0.15, -0.1) is 0 Å². The summed E-state index contributed by atoms with van der Waals surface area (Å²) in [5.74, 6) is 0.716. The summed E-state index contributed by atoms with van der Waals surface area (Å²) in [6, 6.07) is 19.6. The van der Waals surface area contributed by atoms with Crippen LogP contribution < -0.4 is 16.0 Å². The van der Waals surface area contributed by atoms with Gasteiger partial charge in [0, 0.05) is 21.3 Å². The predicted octanol–water partition coefficient (Wildman–Crippen LogP) is 6.77. The molecule has 7 heteroatoms. The lowest BCUT2D eigenvalue weighted by molar-refractivity contribution is 0.415. The van der Waals surface area contributed by atoms with Gasteiger partial charge in [0.2, 0.25) is 0 Å². The molecule has 2 aromatic heterocycles. The molecule has 5 rings (SSSR count). The normalized spacial score (nSPS) is 11.2. The fourth-order valence-corrected chi connectivity index (χ4v) is 5.04. The molecule has 3 aromatic carbocycles. The molecular weight excluding hydrogens is 540 g/mol. The summed E-state index contributed by atoms with van der Waals surface area (Å²) in [6.07, 6.45) is 0. The smallest absolute Gasteiger partial charge is 0.344 e. The summed E-state index contributed by atoms with van der Waals surface area (Å²) >= 11 is 6.90. The van der Waals surface area contributed by atoms with E-state index in [0.29, 0.717) is 43.5 Å². The highest BCUT2D eigenvalue weighted by Gasteiger charge is 2.14. The number of hydrogen-bond donors (Lipinski definition) is 0. The fourth-order valence-electron chi connectivity index (χ4n) is 3.70. The zero-order chi connectivity index (χ0) is 22.4. The Balaban J connectivity index is 1.74. The van der Waals surface area contributed by atoms with E-state index in [2.05, 4.69) is 31.9 Å². The van der Waals surface area contributed by atoms with Gasteiger partial charge in [-0.2, -0.15) is 0 Å². The first-order valence-electron chi connectivity index (χ1n) is 9.58. The van der Waals surface area contributed by atoms with Crippen LogP contribution in [0, 0.1) is 0 Å². The monoisotopic (exact) mass is 552 g/mol. The van der Waals surface area contributed by atoms with Crippen molar-refractivity contribution in [2.24, 2.45) is 0 Å². The third-order valence-corrected chi connectivity index (χ3v) is 6.25. The maximum Gasteiger partial charge on any atom is 0.344 e. The molecule has 0 saturated heterocycles. The van der Waals surface area contributed by atoms with Crippen molar-refractivity contribution in [2.75, 3.05) is 7.11 Å². The summed E-state index contributed by atoms with van der Waals surface area (Å²) in [5, 5.41) is 1.48. The van der Waals surface area contributed by atoms with Gasteiger partial charge in [-0.1, -0.05) is 34.1 Å². The summed E-state index contributed by atoms with van der Waals surface area (Å²) < 4.78 is 17.8. The molecule has 0 aliphatic heterocycles. The molecule has 0 unspecified atom stereocenters. The van der Waals surface area contributed by atoms with Crippen LogP contribution in [0.1, 0.15) is 0 Å². The topological polar surface area (TPSA) is 69.7 Å². The first kappa shape index (κ1) is 20.7. The van der Waals surface area contributed by atoms with Crippen molar-refractivity contribution in [3.63, 3.8) is 0 Å². The van der Waals surface area contributed by atoms with Gasteiger partial charge in [-0.3, -0.25) is 0 Å². The minimum absolute atomic E-state index is 0.413. The van der Waals surface area contributed by atoms with Crippen molar-refractivity contribution in [1.82, 2.24) is 0 Å². The lowest BCUT2D eigenvalue weighted by Gasteiger charge is -2.09. The molecule has 0 spiro atoms. The molecule has 2 heterocycles. The van der Waals surface area contributed by atoms with Gasteiger partial charge in [-0.05, 0) is 75.1 Å². The van der Waals surface area contributed by atoms with E-state index in [1.165, 1.54) is 6.07 Å². The van der Waals surface area contributed by atoms with Crippen LogP contribution in [0.4, 0.5) is 0 Å². The number of hydrogen-bond acceptors (Lipinski definition) is 5. The Morgan fingerprint density at radius 3 is 2.28 bits per heavy atom. The van der Waals surface area contributed by atoms with E-state index in [1.807, 2.05) is 42.5 Å². The van der Waals surface area contributed by atoms with Crippen LogP contribution >= 0.6 is 31.9 Å². The molecule has 0 N–H and O–H groups in total. The van der Waals surface area contributed by atoms with Crippen molar-refractivity contribution in [3.8, 4) is 28.0 Å². The van der Waals surface area contributed by atoms with Crippen molar-refractivity contribution in [2.45, 2.75) is 0 Å². The zero-order valence-corrected chi connectivity index (χ0v) is 19.8. The first-order valence-corrected chi connectivity index (χ1v) is 11.2. The van der Waals surface area contributed by atoms with Crippen LogP contribution in [-0.2, 0) is 0 Å². The molecule has 158 valence electrons. The van der Waals surface area contributed by atoms with Crippen LogP contribution in [0.25, 0.3) is 44.2 Å². The van der Waals surface area contributed by atoms with Crippen LogP contribution in [0.5, 0.6) is 5.75 Å². The Bertz CT molecular complexity index is 1610. The standard InChI is InChI=1S/C25H14Br2O5/c1-30-17-5-2-13(3-6-17)18-12-23(28)31-22-7-4-14(9-20(18)22)19-10-15-8-16(26)11-21(27)24(15)32-25(19)29/h2-12H,1H3. The van der Waals surface area contributed by atoms with E-state index in [-0.39, 0.29) is 0 Å². The van der Waals surface area contributed by atoms with Crippen LogP contribution in [0.2, 0.25) is 0 Å². The van der Waals surface area contributed by atoms with Crippen LogP contribution in [0.3, 0.4) is 0 Å². The molecule has 5 aromatic rings. The quantitative estimate of drug-likeness (QED) is 0.231. The van der Waals surface area contributed by atoms with Crippen LogP contribution in [0.15, 0.2) is 94.1 Å². The summed E-state index contributed by atoms with van der Waals surface area (Å²) in [6.45, 7) is 0. The number of benzene rings is 3. The minimum atomic E-state index is -0.455. The largest absolute Gasteiger partial charge is 0.497 e. The van der Waals surface area contributed by atoms with Crippen molar-refractivity contribution in [1.29, 1.82) is 0 Å². The Labute approximate surface area is 198 Å². The van der Waals surface area contributed by atoms with Gasteiger partial charge >= 0.3 is 11.3 Å². The number of rotatable bonds is 3. The Hall–Kier alpha value is -3.16. The SMILES string of the molecule is COc1ccc(-c2cc(=O)oc3ccc(-c4cc5cc(Br)cc(Br)c5oc4=O)cc23)cc1. The fraction of sp³-hybridized carbons (Fsp3) is 0.0400. The van der Waals surface area contributed by atoms with Gasteiger partial charge in [-0.25, -0.2) is 9.59 Å². The molecule has 0 radical (unpaired) electrons. The van der Waals surface area contributed by atoms with E-state index in [0.717, 1.165) is 15.4 Å². The number of fused-ring (bicyclic) bond motifs is 2. The first-order chi connectivity index (χ1) is 15.4. The second kappa shape index (κ2) is 8.07. The summed E-state index contributed by atoms with van der Waals surface area (Å²) in [7, 11) is 1.60. The molecule has 0 saturated carbocycles. The number of methoxy groups -OCH3 is 1. The highest BCUT2D eigenvalue weighted by atomic mass is 79.9. The summed E-state index contributed by atoms with van der Waals surface area (Å²) in [5.41, 5.74) is 2.62. The Morgan fingerprint density at radius 1 is 0.781 bits per heavy atom. The molecule has 0 fully saturated rings. The van der Waals surface area contributed by atoms with E-state index in [1.54, 1.807) is 25.3 Å². The van der Waals surface area contributed by atoms with Crippen molar-refractivity contribution in [3.05, 3.63) is 96.5 Å². The molecule has 32 heavy (non-hydrogen) atoms. The van der Waals surface area contributed by atoms with E-state index < -0.39 is 11.3 Å². The molecule has 0 aliphatic rings. The average Bonchev–Trinajstić information content (AvgIpc) is 2.78. The summed E-state index contributed by atoms with van der Waals surface area (Å²) in [4.78, 5) is 25.0. The second-order valence-corrected chi connectivity index (χ2v) is 8.94. The highest BCUT2D eigenvalue weighted by Crippen LogP contribution is 2.33. The lowest BCUT2D eigenvalue weighted by Crippen LogP contribution is -2.03. The highest BCUT2D eigenvalue weighted by molar-refractivity contribution is 9.11. The molecule has 0 aliphatic carbocycles. The Morgan fingerprint density at radius 2 is 1.53 bits per heavy atom. The van der Waals surface area contributed by atoms with Gasteiger partial charge in [0.15, 0.2) is 5.58 Å². The third kappa shape index (κ3) is 3.67. The van der Waals surface area contributed by atoms with Crippen LogP contribution in [-0.4, -0.2) is 7.11 Å². The molecule has 5 nitrogen and oxygen atoms in total. The van der Waals surface area contributed by atoms with Gasteiger partial charge in [0.05, 0.1) is 17.1 Å². The Kier molecular flexibility index (Phi) is 5.23. The molecular formula is C25H14Br2O5. The maximum absolute atomic E-state index is 12.8.